The Kier molecular flexibility index (Phi) is 10.7. The first kappa shape index (κ1) is 29.4. The summed E-state index contributed by atoms with van der Waals surface area (Å²) < 4.78 is 10.8. The van der Waals surface area contributed by atoms with E-state index in [-0.39, 0.29) is 42.1 Å². The normalized spacial score (nSPS) is 12.2. The molecule has 0 aliphatic heterocycles. The van der Waals surface area contributed by atoms with Crippen molar-refractivity contribution in [2.75, 3.05) is 13.7 Å². The number of nitrogens with one attached hydrogen (secondary N) is 1. The van der Waals surface area contributed by atoms with Crippen LogP contribution in [0.25, 0.3) is 0 Å². The van der Waals surface area contributed by atoms with Crippen LogP contribution in [0.3, 0.4) is 0 Å². The average molecular weight is 554 g/mol. The number of ether oxygens (including phenoxy) is 2. The third kappa shape index (κ3) is 8.19. The third-order valence-corrected chi connectivity index (χ3v) is 6.65. The Hall–Kier alpha value is -4.11. The number of carbonyl (C=O) groups is 2. The highest BCUT2D eigenvalue weighted by Gasteiger charge is 2.31. The van der Waals surface area contributed by atoms with Gasteiger partial charge in [-0.3, -0.25) is 19.7 Å². The molecule has 3 rings (SSSR count). The lowest BCUT2D eigenvalue weighted by Gasteiger charge is -2.32. The van der Waals surface area contributed by atoms with Crippen molar-refractivity contribution >= 4 is 29.1 Å². The zero-order valence-electron chi connectivity index (χ0n) is 22.1. The molecule has 0 unspecified atom stereocenters. The summed E-state index contributed by atoms with van der Waals surface area (Å²) >= 11 is 6.43. The first-order valence-electron chi connectivity index (χ1n) is 12.6. The Balaban J connectivity index is 1.93. The number of halogens is 1. The van der Waals surface area contributed by atoms with Crippen LogP contribution in [0.5, 0.6) is 11.5 Å². The van der Waals surface area contributed by atoms with Crippen LogP contribution in [0.15, 0.2) is 72.8 Å². The highest BCUT2D eigenvalue weighted by atomic mass is 35.5. The highest BCUT2D eigenvalue weighted by Crippen LogP contribution is 2.31. The number of nitro groups is 1. The fourth-order valence-electron chi connectivity index (χ4n) is 3.93. The standard InChI is InChI=1S/C29H32ClN3O6/c1-4-20(2)31-29(35)26(16-21-10-6-5-7-11-21)32(18-22-12-8-9-13-24(22)30)28(34)19-39-23-14-15-25(33(36)37)27(17-23)38-3/h5-15,17,20,26H,4,16,18-19H2,1-3H3,(H,31,35)/t20-,26+/m0/s1. The van der Waals surface area contributed by atoms with Crippen molar-refractivity contribution in [1.82, 2.24) is 10.2 Å². The molecule has 0 bridgehead atoms. The fourth-order valence-corrected chi connectivity index (χ4v) is 4.13. The van der Waals surface area contributed by atoms with Crippen LogP contribution in [-0.2, 0) is 22.6 Å². The smallest absolute Gasteiger partial charge is 0.311 e. The van der Waals surface area contributed by atoms with Gasteiger partial charge in [-0.15, -0.1) is 0 Å². The van der Waals surface area contributed by atoms with E-state index in [9.17, 15) is 19.7 Å². The van der Waals surface area contributed by atoms with Crippen molar-refractivity contribution in [3.05, 3.63) is 99.1 Å². The van der Waals surface area contributed by atoms with E-state index in [2.05, 4.69) is 5.32 Å². The van der Waals surface area contributed by atoms with Crippen molar-refractivity contribution in [1.29, 1.82) is 0 Å². The molecular weight excluding hydrogens is 522 g/mol. The maximum atomic E-state index is 13.7. The van der Waals surface area contributed by atoms with Gasteiger partial charge in [-0.2, -0.15) is 0 Å². The Labute approximate surface area is 232 Å². The third-order valence-electron chi connectivity index (χ3n) is 6.28. The molecule has 2 amide bonds. The second-order valence-electron chi connectivity index (χ2n) is 9.02. The summed E-state index contributed by atoms with van der Waals surface area (Å²) in [5.41, 5.74) is 1.35. The van der Waals surface area contributed by atoms with Crippen LogP contribution in [0.4, 0.5) is 5.69 Å². The zero-order chi connectivity index (χ0) is 28.4. The minimum Gasteiger partial charge on any atom is -0.490 e. The fraction of sp³-hybridized carbons (Fsp3) is 0.310. The van der Waals surface area contributed by atoms with Crippen LogP contribution in [-0.4, -0.2) is 47.4 Å². The van der Waals surface area contributed by atoms with Crippen LogP contribution in [0, 0.1) is 10.1 Å². The number of methoxy groups -OCH3 is 1. The SMILES string of the molecule is CC[C@H](C)NC(=O)[C@@H](Cc1ccccc1)N(Cc1ccccc1Cl)C(=O)COc1ccc([N+](=O)[O-])c(OC)c1. The number of rotatable bonds is 13. The van der Waals surface area contributed by atoms with Crippen LogP contribution in [0.1, 0.15) is 31.4 Å². The molecule has 2 atom stereocenters. The van der Waals surface area contributed by atoms with E-state index in [1.165, 1.54) is 30.2 Å². The van der Waals surface area contributed by atoms with Gasteiger partial charge >= 0.3 is 5.69 Å². The second kappa shape index (κ2) is 14.2. The molecule has 0 spiro atoms. The van der Waals surface area contributed by atoms with Crippen molar-refractivity contribution in [2.24, 2.45) is 0 Å². The summed E-state index contributed by atoms with van der Waals surface area (Å²) in [6.45, 7) is 3.54. The van der Waals surface area contributed by atoms with Crippen molar-refractivity contribution in [3.63, 3.8) is 0 Å². The molecule has 9 nitrogen and oxygen atoms in total. The lowest BCUT2D eigenvalue weighted by molar-refractivity contribution is -0.385. The molecule has 39 heavy (non-hydrogen) atoms. The molecule has 0 heterocycles. The molecule has 0 aliphatic carbocycles. The van der Waals surface area contributed by atoms with E-state index < -0.39 is 23.5 Å². The van der Waals surface area contributed by atoms with Gasteiger partial charge in [0.15, 0.2) is 6.61 Å². The molecule has 206 valence electrons. The Morgan fingerprint density at radius 1 is 1.08 bits per heavy atom. The van der Waals surface area contributed by atoms with Gasteiger partial charge in [0, 0.05) is 36.2 Å². The molecule has 3 aromatic rings. The summed E-state index contributed by atoms with van der Waals surface area (Å²) in [6.07, 6.45) is 1.01. The predicted molar refractivity (Wildman–Crippen MR) is 149 cm³/mol. The number of nitrogens with zero attached hydrogens (tertiary/aromatic N) is 2. The number of hydrogen-bond donors (Lipinski definition) is 1. The second-order valence-corrected chi connectivity index (χ2v) is 9.42. The molecule has 0 radical (unpaired) electrons. The maximum Gasteiger partial charge on any atom is 0.311 e. The maximum absolute atomic E-state index is 13.7. The van der Waals surface area contributed by atoms with Gasteiger partial charge in [-0.05, 0) is 36.6 Å². The lowest BCUT2D eigenvalue weighted by atomic mass is 10.0. The number of carbonyl (C=O) groups excluding carboxylic acids is 2. The monoisotopic (exact) mass is 553 g/mol. The van der Waals surface area contributed by atoms with Crippen LogP contribution in [0.2, 0.25) is 5.02 Å². The van der Waals surface area contributed by atoms with Gasteiger partial charge in [0.25, 0.3) is 5.91 Å². The minimum absolute atomic E-state index is 0.00718. The summed E-state index contributed by atoms with van der Waals surface area (Å²) in [7, 11) is 1.31. The van der Waals surface area contributed by atoms with Gasteiger partial charge < -0.3 is 19.7 Å². The molecule has 0 aliphatic rings. The molecule has 0 saturated heterocycles. The molecular formula is C29H32ClN3O6. The molecule has 1 N–H and O–H groups in total. The molecule has 0 fully saturated rings. The van der Waals surface area contributed by atoms with E-state index >= 15 is 0 Å². The summed E-state index contributed by atoms with van der Waals surface area (Å²) in [5, 5.41) is 14.7. The quantitative estimate of drug-likeness (QED) is 0.230. The molecule has 0 aromatic heterocycles. The van der Waals surface area contributed by atoms with Gasteiger partial charge in [-0.25, -0.2) is 0 Å². The zero-order valence-corrected chi connectivity index (χ0v) is 22.9. The lowest BCUT2D eigenvalue weighted by Crippen LogP contribution is -2.53. The van der Waals surface area contributed by atoms with Gasteiger partial charge in [0.05, 0.1) is 12.0 Å². The topological polar surface area (TPSA) is 111 Å². The Morgan fingerprint density at radius 2 is 1.77 bits per heavy atom. The first-order valence-corrected chi connectivity index (χ1v) is 12.9. The Bertz CT molecular complexity index is 1290. The number of benzene rings is 3. The van der Waals surface area contributed by atoms with Gasteiger partial charge in [-0.1, -0.05) is 67.1 Å². The Morgan fingerprint density at radius 3 is 2.41 bits per heavy atom. The summed E-state index contributed by atoms with van der Waals surface area (Å²) in [5.74, 6) is -0.516. The summed E-state index contributed by atoms with van der Waals surface area (Å²) in [6, 6.07) is 19.6. The molecule has 10 heteroatoms. The van der Waals surface area contributed by atoms with E-state index in [1.54, 1.807) is 18.2 Å². The van der Waals surface area contributed by atoms with E-state index in [1.807, 2.05) is 50.2 Å². The van der Waals surface area contributed by atoms with Crippen molar-refractivity contribution < 1.29 is 24.0 Å². The van der Waals surface area contributed by atoms with Gasteiger partial charge in [0.1, 0.15) is 11.8 Å². The van der Waals surface area contributed by atoms with Crippen molar-refractivity contribution in [2.45, 2.75) is 45.3 Å². The predicted octanol–water partition coefficient (Wildman–Crippen LogP) is 5.19. The number of hydrogen-bond acceptors (Lipinski definition) is 6. The first-order chi connectivity index (χ1) is 18.7. The average Bonchev–Trinajstić information content (AvgIpc) is 2.94. The van der Waals surface area contributed by atoms with Crippen molar-refractivity contribution in [3.8, 4) is 11.5 Å². The number of nitro benzene ring substituents is 1. The van der Waals surface area contributed by atoms with E-state index in [4.69, 9.17) is 21.1 Å². The van der Waals surface area contributed by atoms with E-state index in [0.29, 0.717) is 10.6 Å². The molecule has 0 saturated carbocycles. The molecule has 3 aromatic carbocycles. The van der Waals surface area contributed by atoms with Gasteiger partial charge in [0.2, 0.25) is 11.7 Å². The van der Waals surface area contributed by atoms with E-state index in [0.717, 1.165) is 12.0 Å². The highest BCUT2D eigenvalue weighted by molar-refractivity contribution is 6.31. The minimum atomic E-state index is -0.847. The number of amides is 2. The largest absolute Gasteiger partial charge is 0.490 e. The van der Waals surface area contributed by atoms with Crippen LogP contribution >= 0.6 is 11.6 Å². The van der Waals surface area contributed by atoms with Crippen LogP contribution < -0.4 is 14.8 Å². The summed E-state index contributed by atoms with van der Waals surface area (Å²) in [4.78, 5) is 39.3.